The molecule has 2 fully saturated rings. The highest BCUT2D eigenvalue weighted by atomic mass is 32.2. The average Bonchev–Trinajstić information content (AvgIpc) is 2.89. The Balaban J connectivity index is 1.68. The molecule has 2 amide bonds. The predicted octanol–water partition coefficient (Wildman–Crippen LogP) is 3.37. The number of carbonyl (C=O) groups excluding carboxylic acids is 2. The molecule has 10 heteroatoms. The van der Waals surface area contributed by atoms with E-state index in [1.807, 2.05) is 12.1 Å². The van der Waals surface area contributed by atoms with Gasteiger partial charge < -0.3 is 16.0 Å². The van der Waals surface area contributed by atoms with Gasteiger partial charge in [-0.3, -0.25) is 9.59 Å². The molecule has 8 nitrogen and oxygen atoms in total. The van der Waals surface area contributed by atoms with E-state index in [9.17, 15) is 22.4 Å². The van der Waals surface area contributed by atoms with Gasteiger partial charge in [0.1, 0.15) is 5.82 Å². The molecule has 0 bridgehead atoms. The average molecular weight is 545 g/mol. The fourth-order valence-corrected chi connectivity index (χ4v) is 6.69. The van der Waals surface area contributed by atoms with Crippen molar-refractivity contribution in [3.63, 3.8) is 0 Å². The van der Waals surface area contributed by atoms with Crippen molar-refractivity contribution in [3.05, 3.63) is 65.5 Å². The molecule has 0 aromatic heterocycles. The topological polar surface area (TPSA) is 113 Å². The molecule has 1 saturated carbocycles. The Morgan fingerprint density at radius 3 is 2.13 bits per heavy atom. The summed E-state index contributed by atoms with van der Waals surface area (Å²) in [6.45, 7) is 6.50. The van der Waals surface area contributed by atoms with Crippen molar-refractivity contribution in [2.75, 3.05) is 13.1 Å². The fourth-order valence-electron chi connectivity index (χ4n) is 5.09. The van der Waals surface area contributed by atoms with E-state index >= 15 is 0 Å². The van der Waals surface area contributed by atoms with E-state index in [0.717, 1.165) is 34.8 Å². The van der Waals surface area contributed by atoms with E-state index < -0.39 is 33.8 Å². The van der Waals surface area contributed by atoms with Crippen LogP contribution in [0.1, 0.15) is 68.8 Å². The highest BCUT2D eigenvalue weighted by molar-refractivity contribution is 7.89. The van der Waals surface area contributed by atoms with Gasteiger partial charge >= 0.3 is 0 Å². The molecule has 1 aliphatic carbocycles. The van der Waals surface area contributed by atoms with Gasteiger partial charge in [-0.25, -0.2) is 12.8 Å². The molecule has 3 N–H and O–H groups in total. The lowest BCUT2D eigenvalue weighted by Crippen LogP contribution is -2.64. The summed E-state index contributed by atoms with van der Waals surface area (Å²) >= 11 is 0. The molecule has 38 heavy (non-hydrogen) atoms. The normalized spacial score (nSPS) is 23.2. The van der Waals surface area contributed by atoms with E-state index in [0.29, 0.717) is 24.8 Å². The monoisotopic (exact) mass is 544 g/mol. The number of nitrogens with zero attached hydrogens (tertiary/aromatic N) is 2. The highest BCUT2D eigenvalue weighted by Crippen LogP contribution is 2.28. The number of nitrogens with one attached hydrogen (secondary N) is 1. The van der Waals surface area contributed by atoms with Gasteiger partial charge in [-0.2, -0.15) is 4.31 Å². The Morgan fingerprint density at radius 2 is 1.55 bits per heavy atom. The van der Waals surface area contributed by atoms with E-state index in [2.05, 4.69) is 26.1 Å². The Kier molecular flexibility index (Phi) is 8.25. The molecule has 0 spiro atoms. The molecule has 4 rings (SSSR count). The van der Waals surface area contributed by atoms with Crippen LogP contribution in [-0.4, -0.2) is 60.8 Å². The molecule has 1 aliphatic heterocycles. The molecular weight excluding hydrogens is 507 g/mol. The zero-order valence-corrected chi connectivity index (χ0v) is 23.0. The molecular formula is C28H37FN4O4S. The predicted molar refractivity (Wildman–Crippen MR) is 143 cm³/mol. The van der Waals surface area contributed by atoms with Crippen LogP contribution in [0, 0.1) is 5.82 Å². The van der Waals surface area contributed by atoms with Gasteiger partial charge in [0.15, 0.2) is 6.17 Å². The first-order valence-corrected chi connectivity index (χ1v) is 14.6. The highest BCUT2D eigenvalue weighted by Gasteiger charge is 2.45. The van der Waals surface area contributed by atoms with Crippen molar-refractivity contribution < 1.29 is 22.4 Å². The summed E-state index contributed by atoms with van der Waals surface area (Å²) < 4.78 is 42.0. The Labute approximate surface area is 224 Å². The molecule has 206 valence electrons. The lowest BCUT2D eigenvalue weighted by atomic mass is 9.86. The fraction of sp³-hybridized carbons (Fsp3) is 0.500. The van der Waals surface area contributed by atoms with Crippen LogP contribution in [0.2, 0.25) is 0 Å². The first-order chi connectivity index (χ1) is 17.9. The number of sulfonamides is 1. The number of rotatable bonds is 5. The number of hydrogen-bond donors (Lipinski definition) is 2. The smallest absolute Gasteiger partial charge is 0.259 e. The molecule has 2 aliphatic rings. The van der Waals surface area contributed by atoms with Crippen molar-refractivity contribution in [1.82, 2.24) is 14.5 Å². The Bertz CT molecular complexity index is 1250. The van der Waals surface area contributed by atoms with E-state index in [4.69, 9.17) is 5.73 Å². The third kappa shape index (κ3) is 6.08. The lowest BCUT2D eigenvalue weighted by molar-refractivity contribution is -0.132. The van der Waals surface area contributed by atoms with Crippen LogP contribution in [0.25, 0.3) is 0 Å². The van der Waals surface area contributed by atoms with Crippen molar-refractivity contribution in [1.29, 1.82) is 0 Å². The van der Waals surface area contributed by atoms with Crippen LogP contribution in [0.4, 0.5) is 4.39 Å². The van der Waals surface area contributed by atoms with Crippen molar-refractivity contribution >= 4 is 21.8 Å². The van der Waals surface area contributed by atoms with Gasteiger partial charge in [-0.1, -0.05) is 32.9 Å². The lowest BCUT2D eigenvalue weighted by Gasteiger charge is -2.42. The summed E-state index contributed by atoms with van der Waals surface area (Å²) in [4.78, 5) is 28.6. The Morgan fingerprint density at radius 1 is 0.947 bits per heavy atom. The summed E-state index contributed by atoms with van der Waals surface area (Å²) in [5, 5.41) is 2.98. The number of benzene rings is 2. The number of halogens is 1. The first-order valence-electron chi connectivity index (χ1n) is 13.1. The second kappa shape index (κ2) is 11.1. The second-order valence-corrected chi connectivity index (χ2v) is 13.1. The molecule has 1 atom stereocenters. The maximum Gasteiger partial charge on any atom is 0.259 e. The number of carbonyl (C=O) groups is 2. The third-order valence-corrected chi connectivity index (χ3v) is 9.24. The summed E-state index contributed by atoms with van der Waals surface area (Å²) in [6.07, 6.45) is 1.88. The van der Waals surface area contributed by atoms with Gasteiger partial charge in [0.25, 0.3) is 11.8 Å². The largest absolute Gasteiger partial charge is 0.350 e. The maximum atomic E-state index is 13.7. The third-order valence-electron chi connectivity index (χ3n) is 7.38. The summed E-state index contributed by atoms with van der Waals surface area (Å²) in [6, 6.07) is 11.6. The zero-order valence-electron chi connectivity index (χ0n) is 22.2. The second-order valence-electron chi connectivity index (χ2n) is 11.2. The van der Waals surface area contributed by atoms with Gasteiger partial charge in [0.05, 0.1) is 4.90 Å². The van der Waals surface area contributed by atoms with Crippen LogP contribution in [-0.2, 0) is 20.2 Å². The molecule has 1 saturated heterocycles. The molecule has 1 unspecified atom stereocenters. The summed E-state index contributed by atoms with van der Waals surface area (Å²) in [5.41, 5.74) is 7.34. The summed E-state index contributed by atoms with van der Waals surface area (Å²) in [5.74, 6) is -1.53. The molecule has 0 radical (unpaired) electrons. The van der Waals surface area contributed by atoms with Gasteiger partial charge in [0.2, 0.25) is 10.0 Å². The number of hydrogen-bond acceptors (Lipinski definition) is 5. The van der Waals surface area contributed by atoms with Crippen LogP contribution >= 0.6 is 0 Å². The molecule has 2 aromatic rings. The Hall–Kier alpha value is -2.82. The standard InChI is InChI=1S/C28H37FN4O4S/c1-28(2,3)20-7-5-19(6-8-20)27(35)32-17-4-18-33(38(36,37)24-15-9-21(29)10-16-24)26(32)25(34)31-23-13-11-22(30)12-14-23/h5-10,15-16,22-23,26H,4,11-14,17-18,30H2,1-3H3,(H,31,34). The first kappa shape index (κ1) is 28.2. The zero-order chi connectivity index (χ0) is 27.7. The van der Waals surface area contributed by atoms with Gasteiger partial charge in [-0.15, -0.1) is 0 Å². The molecule has 2 aromatic carbocycles. The maximum absolute atomic E-state index is 13.7. The van der Waals surface area contributed by atoms with Crippen molar-refractivity contribution in [3.8, 4) is 0 Å². The van der Waals surface area contributed by atoms with Gasteiger partial charge in [-0.05, 0) is 79.5 Å². The van der Waals surface area contributed by atoms with Crippen LogP contribution < -0.4 is 11.1 Å². The number of amides is 2. The van der Waals surface area contributed by atoms with Crippen molar-refractivity contribution in [2.45, 2.75) is 81.4 Å². The minimum absolute atomic E-state index is 0.0556. The van der Waals surface area contributed by atoms with Crippen LogP contribution in [0.3, 0.4) is 0 Å². The van der Waals surface area contributed by atoms with Crippen LogP contribution in [0.5, 0.6) is 0 Å². The van der Waals surface area contributed by atoms with Crippen LogP contribution in [0.15, 0.2) is 53.4 Å². The van der Waals surface area contributed by atoms with Crippen molar-refractivity contribution in [2.24, 2.45) is 5.73 Å². The minimum Gasteiger partial charge on any atom is -0.350 e. The van der Waals surface area contributed by atoms with E-state index in [1.54, 1.807) is 12.1 Å². The summed E-state index contributed by atoms with van der Waals surface area (Å²) in [7, 11) is -4.21. The van der Waals surface area contributed by atoms with Gasteiger partial charge in [0, 0.05) is 30.7 Å². The SMILES string of the molecule is CC(C)(C)c1ccc(C(=O)N2CCCN(S(=O)(=O)c3ccc(F)cc3)C2C(=O)NC2CCC(N)CC2)cc1. The van der Waals surface area contributed by atoms with E-state index in [-0.39, 0.29) is 35.5 Å². The number of nitrogens with two attached hydrogens (primary N) is 1. The van der Waals surface area contributed by atoms with E-state index in [1.165, 1.54) is 17.0 Å². The quantitative estimate of drug-likeness (QED) is 0.599. The minimum atomic E-state index is -4.21. The molecule has 1 heterocycles.